The number of hydrogen-bond acceptors (Lipinski definition) is 3. The van der Waals surface area contributed by atoms with Crippen molar-refractivity contribution in [3.63, 3.8) is 0 Å². The van der Waals surface area contributed by atoms with Crippen molar-refractivity contribution < 1.29 is 5.11 Å². The van der Waals surface area contributed by atoms with Gasteiger partial charge in [-0.25, -0.2) is 0 Å². The summed E-state index contributed by atoms with van der Waals surface area (Å²) >= 11 is 0. The van der Waals surface area contributed by atoms with Gasteiger partial charge in [0.15, 0.2) is 0 Å². The largest absolute Gasteiger partial charge is 0.389 e. The van der Waals surface area contributed by atoms with Gasteiger partial charge in [-0.2, -0.15) is 0 Å². The van der Waals surface area contributed by atoms with Crippen LogP contribution in [0.15, 0.2) is 0 Å². The molecule has 14 heavy (non-hydrogen) atoms. The van der Waals surface area contributed by atoms with Crippen molar-refractivity contribution in [1.29, 1.82) is 0 Å². The molecule has 0 bridgehead atoms. The fourth-order valence-electron chi connectivity index (χ4n) is 2.84. The number of rotatable bonds is 2. The molecule has 0 aromatic carbocycles. The van der Waals surface area contributed by atoms with Gasteiger partial charge < -0.3 is 10.8 Å². The SMILES string of the molecule is N[C@@H]1CCCN(CC2(O)CCCC2)C1. The van der Waals surface area contributed by atoms with Crippen molar-refractivity contribution >= 4 is 0 Å². The second kappa shape index (κ2) is 4.17. The Kier molecular flexibility index (Phi) is 3.10. The molecule has 1 saturated heterocycles. The number of β-amino-alcohol motifs (C(OH)–C–C–N with tert-alkyl or cyclic N) is 1. The number of aliphatic hydroxyl groups is 1. The van der Waals surface area contributed by atoms with Crippen LogP contribution in [0.25, 0.3) is 0 Å². The minimum Gasteiger partial charge on any atom is -0.389 e. The second-order valence-electron chi connectivity index (χ2n) is 5.07. The maximum atomic E-state index is 10.2. The topological polar surface area (TPSA) is 49.5 Å². The molecule has 3 heteroatoms. The van der Waals surface area contributed by atoms with E-state index in [-0.39, 0.29) is 0 Å². The van der Waals surface area contributed by atoms with Gasteiger partial charge in [0.25, 0.3) is 0 Å². The van der Waals surface area contributed by atoms with E-state index in [0.717, 1.165) is 38.9 Å². The number of hydrogen-bond donors (Lipinski definition) is 2. The molecule has 0 amide bonds. The Balaban J connectivity index is 1.83. The molecule has 0 aromatic rings. The van der Waals surface area contributed by atoms with Crippen LogP contribution in [0.5, 0.6) is 0 Å². The highest BCUT2D eigenvalue weighted by Crippen LogP contribution is 2.30. The Bertz CT molecular complexity index is 190. The van der Waals surface area contributed by atoms with Gasteiger partial charge in [-0.15, -0.1) is 0 Å². The Morgan fingerprint density at radius 2 is 2.00 bits per heavy atom. The van der Waals surface area contributed by atoms with Crippen molar-refractivity contribution in [3.8, 4) is 0 Å². The molecule has 1 heterocycles. The number of likely N-dealkylation sites (tertiary alicyclic amines) is 1. The highest BCUT2D eigenvalue weighted by atomic mass is 16.3. The summed E-state index contributed by atoms with van der Waals surface area (Å²) in [5.74, 6) is 0. The fraction of sp³-hybridized carbons (Fsp3) is 1.00. The van der Waals surface area contributed by atoms with Crippen LogP contribution in [0.3, 0.4) is 0 Å². The van der Waals surface area contributed by atoms with E-state index in [1.807, 2.05) is 0 Å². The molecule has 2 aliphatic rings. The fourth-order valence-corrected chi connectivity index (χ4v) is 2.84. The summed E-state index contributed by atoms with van der Waals surface area (Å²) < 4.78 is 0. The molecule has 2 rings (SSSR count). The summed E-state index contributed by atoms with van der Waals surface area (Å²) in [7, 11) is 0. The van der Waals surface area contributed by atoms with Crippen LogP contribution in [-0.4, -0.2) is 41.3 Å². The third-order valence-electron chi connectivity index (χ3n) is 3.59. The van der Waals surface area contributed by atoms with Crippen molar-refractivity contribution in [2.75, 3.05) is 19.6 Å². The molecule has 1 saturated carbocycles. The molecule has 0 aromatic heterocycles. The first-order valence-corrected chi connectivity index (χ1v) is 5.88. The Labute approximate surface area is 86.3 Å². The van der Waals surface area contributed by atoms with E-state index in [2.05, 4.69) is 4.90 Å². The van der Waals surface area contributed by atoms with Crippen LogP contribution in [0.1, 0.15) is 38.5 Å². The molecule has 1 aliphatic heterocycles. The van der Waals surface area contributed by atoms with E-state index in [0.29, 0.717) is 6.04 Å². The zero-order valence-corrected chi connectivity index (χ0v) is 8.91. The van der Waals surface area contributed by atoms with Crippen molar-refractivity contribution in [1.82, 2.24) is 4.90 Å². The van der Waals surface area contributed by atoms with Crippen LogP contribution in [-0.2, 0) is 0 Å². The van der Waals surface area contributed by atoms with E-state index < -0.39 is 5.60 Å². The lowest BCUT2D eigenvalue weighted by Crippen LogP contribution is -2.49. The molecule has 3 N–H and O–H groups in total. The first-order chi connectivity index (χ1) is 6.68. The number of nitrogens with zero attached hydrogens (tertiary/aromatic N) is 1. The predicted molar refractivity (Wildman–Crippen MR) is 57.1 cm³/mol. The summed E-state index contributed by atoms with van der Waals surface area (Å²) in [6.45, 7) is 2.94. The Morgan fingerprint density at radius 1 is 1.29 bits per heavy atom. The normalized spacial score (nSPS) is 33.4. The highest BCUT2D eigenvalue weighted by molar-refractivity contribution is 4.89. The number of nitrogens with two attached hydrogens (primary N) is 1. The molecular weight excluding hydrogens is 176 g/mol. The minimum atomic E-state index is -0.392. The molecule has 1 aliphatic carbocycles. The standard InChI is InChI=1S/C11H22N2O/c12-10-4-3-7-13(8-10)9-11(14)5-1-2-6-11/h10,14H,1-9,12H2/t10-/m1/s1. The predicted octanol–water partition coefficient (Wildman–Crippen LogP) is 0.715. The Morgan fingerprint density at radius 3 is 2.64 bits per heavy atom. The summed E-state index contributed by atoms with van der Waals surface area (Å²) in [5, 5.41) is 10.2. The highest BCUT2D eigenvalue weighted by Gasteiger charge is 2.33. The lowest BCUT2D eigenvalue weighted by Gasteiger charge is -2.36. The maximum Gasteiger partial charge on any atom is 0.0774 e. The average molecular weight is 198 g/mol. The third kappa shape index (κ3) is 2.47. The van der Waals surface area contributed by atoms with Gasteiger partial charge >= 0.3 is 0 Å². The monoisotopic (exact) mass is 198 g/mol. The van der Waals surface area contributed by atoms with Crippen LogP contribution in [0.4, 0.5) is 0 Å². The van der Waals surface area contributed by atoms with Crippen LogP contribution < -0.4 is 5.73 Å². The molecule has 0 unspecified atom stereocenters. The molecule has 3 nitrogen and oxygen atoms in total. The van der Waals surface area contributed by atoms with Crippen molar-refractivity contribution in [2.24, 2.45) is 5.73 Å². The van der Waals surface area contributed by atoms with E-state index in [1.54, 1.807) is 0 Å². The zero-order chi connectivity index (χ0) is 10.0. The maximum absolute atomic E-state index is 10.2. The second-order valence-corrected chi connectivity index (χ2v) is 5.07. The van der Waals surface area contributed by atoms with Crippen molar-refractivity contribution in [3.05, 3.63) is 0 Å². The van der Waals surface area contributed by atoms with Gasteiger partial charge in [-0.3, -0.25) is 4.90 Å². The lowest BCUT2D eigenvalue weighted by molar-refractivity contribution is 0.00256. The molecule has 82 valence electrons. The van der Waals surface area contributed by atoms with Gasteiger partial charge in [-0.1, -0.05) is 12.8 Å². The average Bonchev–Trinajstić information content (AvgIpc) is 2.51. The number of piperidine rings is 1. The van der Waals surface area contributed by atoms with E-state index in [1.165, 1.54) is 19.3 Å². The molecule has 0 spiro atoms. The van der Waals surface area contributed by atoms with E-state index >= 15 is 0 Å². The molecular formula is C11H22N2O. The first-order valence-electron chi connectivity index (χ1n) is 5.88. The first kappa shape index (κ1) is 10.4. The smallest absolute Gasteiger partial charge is 0.0774 e. The third-order valence-corrected chi connectivity index (χ3v) is 3.59. The minimum absolute atomic E-state index is 0.328. The van der Waals surface area contributed by atoms with E-state index in [9.17, 15) is 5.11 Å². The van der Waals surface area contributed by atoms with Crippen LogP contribution in [0.2, 0.25) is 0 Å². The van der Waals surface area contributed by atoms with Gasteiger partial charge in [0, 0.05) is 19.1 Å². The summed E-state index contributed by atoms with van der Waals surface area (Å²) in [4.78, 5) is 2.35. The summed E-state index contributed by atoms with van der Waals surface area (Å²) in [6.07, 6.45) is 6.69. The van der Waals surface area contributed by atoms with Gasteiger partial charge in [0.2, 0.25) is 0 Å². The van der Waals surface area contributed by atoms with Crippen molar-refractivity contribution in [2.45, 2.75) is 50.2 Å². The van der Waals surface area contributed by atoms with Gasteiger partial charge in [0.1, 0.15) is 0 Å². The van der Waals surface area contributed by atoms with Crippen LogP contribution >= 0.6 is 0 Å². The van der Waals surface area contributed by atoms with Gasteiger partial charge in [-0.05, 0) is 32.2 Å². The summed E-state index contributed by atoms with van der Waals surface area (Å²) in [6, 6.07) is 0.328. The van der Waals surface area contributed by atoms with Gasteiger partial charge in [0.05, 0.1) is 5.60 Å². The molecule has 0 radical (unpaired) electrons. The van der Waals surface area contributed by atoms with Crippen LogP contribution in [0, 0.1) is 0 Å². The quantitative estimate of drug-likeness (QED) is 0.687. The molecule has 2 fully saturated rings. The molecule has 1 atom stereocenters. The van der Waals surface area contributed by atoms with E-state index in [4.69, 9.17) is 5.73 Å². The lowest BCUT2D eigenvalue weighted by atomic mass is 9.99. The summed E-state index contributed by atoms with van der Waals surface area (Å²) in [5.41, 5.74) is 5.53. The zero-order valence-electron chi connectivity index (χ0n) is 8.91. The Hall–Kier alpha value is -0.120.